The molecule has 0 spiro atoms. The van der Waals surface area contributed by atoms with Crippen LogP contribution in [0.2, 0.25) is 0 Å². The predicted molar refractivity (Wildman–Crippen MR) is 159 cm³/mol. The molecule has 2 aromatic carbocycles. The molecule has 39 heavy (non-hydrogen) atoms. The van der Waals surface area contributed by atoms with Crippen LogP contribution in [-0.4, -0.2) is 30.2 Å². The van der Waals surface area contributed by atoms with Gasteiger partial charge in [0.05, 0.1) is 21.6 Å². The van der Waals surface area contributed by atoms with Crippen molar-refractivity contribution < 1.29 is 13.5 Å². The van der Waals surface area contributed by atoms with Gasteiger partial charge in [-0.25, -0.2) is 8.78 Å². The van der Waals surface area contributed by atoms with Crippen LogP contribution in [0.3, 0.4) is 0 Å². The lowest BCUT2D eigenvalue weighted by atomic mass is 9.91. The molecule has 0 fully saturated rings. The fourth-order valence-electron chi connectivity index (χ4n) is 5.27. The van der Waals surface area contributed by atoms with E-state index >= 15 is 4.39 Å². The Balaban J connectivity index is 1.97. The van der Waals surface area contributed by atoms with Crippen LogP contribution in [0.4, 0.5) is 14.6 Å². The number of methoxy groups -OCH3 is 1. The fourth-order valence-corrected chi connectivity index (χ4v) is 6.63. The minimum Gasteiger partial charge on any atom is -0.467 e. The summed E-state index contributed by atoms with van der Waals surface area (Å²) in [4.78, 5) is 11.2. The average Bonchev–Trinajstić information content (AvgIpc) is 3.25. The summed E-state index contributed by atoms with van der Waals surface area (Å²) >= 11 is 5.45. The molecule has 4 rings (SSSR count). The molecule has 0 aliphatic heterocycles. The zero-order chi connectivity index (χ0) is 28.6. The lowest BCUT2D eigenvalue weighted by molar-refractivity contribution is 0.374. The molecule has 0 saturated heterocycles. The molecule has 0 radical (unpaired) electrons. The van der Waals surface area contributed by atoms with Gasteiger partial charge in [0.15, 0.2) is 5.82 Å². The number of benzene rings is 2. The summed E-state index contributed by atoms with van der Waals surface area (Å²) in [5.41, 5.74) is 1.67. The first-order chi connectivity index (χ1) is 18.5. The van der Waals surface area contributed by atoms with Crippen molar-refractivity contribution in [2.75, 3.05) is 19.1 Å². The maximum Gasteiger partial charge on any atom is 0.318 e. The summed E-state index contributed by atoms with van der Waals surface area (Å²) in [7, 11) is 3.45. The van der Waals surface area contributed by atoms with E-state index in [9.17, 15) is 9.65 Å². The molecule has 4 aromatic rings. The molecular weight excluding hydrogens is 534 g/mol. The Morgan fingerprint density at radius 3 is 2.51 bits per heavy atom. The second kappa shape index (κ2) is 11.6. The number of hydrogen-bond donors (Lipinski definition) is 1. The first kappa shape index (κ1) is 29.0. The van der Waals surface area contributed by atoms with Crippen molar-refractivity contribution in [2.24, 2.45) is 11.8 Å². The van der Waals surface area contributed by atoms with Crippen molar-refractivity contribution >= 4 is 50.8 Å². The summed E-state index contributed by atoms with van der Waals surface area (Å²) in [5.74, 6) is 0.512. The van der Waals surface area contributed by atoms with Gasteiger partial charge in [0, 0.05) is 29.4 Å². The van der Waals surface area contributed by atoms with Gasteiger partial charge in [0.1, 0.15) is 23.2 Å². The van der Waals surface area contributed by atoms with E-state index in [1.807, 2.05) is 20.0 Å². The van der Waals surface area contributed by atoms with E-state index in [1.54, 1.807) is 0 Å². The van der Waals surface area contributed by atoms with Gasteiger partial charge in [0.2, 0.25) is 0 Å². The smallest absolute Gasteiger partial charge is 0.318 e. The number of aryl methyl sites for hydroxylation is 1. The van der Waals surface area contributed by atoms with Crippen LogP contribution in [-0.2, 0) is 0 Å². The van der Waals surface area contributed by atoms with Gasteiger partial charge in [0.25, 0.3) is 0 Å². The summed E-state index contributed by atoms with van der Waals surface area (Å²) in [6, 6.07) is 7.06. The summed E-state index contributed by atoms with van der Waals surface area (Å²) in [6.07, 6.45) is 3.18. The molecular formula is C30H34F2N4OS2. The van der Waals surface area contributed by atoms with Gasteiger partial charge in [-0.05, 0) is 54.9 Å². The number of anilines is 1. The minimum absolute atomic E-state index is 0.0673. The number of nitriles is 1. The van der Waals surface area contributed by atoms with E-state index in [-0.39, 0.29) is 33.4 Å². The van der Waals surface area contributed by atoms with Crippen molar-refractivity contribution in [3.05, 3.63) is 41.0 Å². The van der Waals surface area contributed by atoms with E-state index in [1.165, 1.54) is 19.2 Å². The highest BCUT2D eigenvalue weighted by atomic mass is 32.2. The molecule has 0 bridgehead atoms. The van der Waals surface area contributed by atoms with Gasteiger partial charge >= 0.3 is 6.01 Å². The van der Waals surface area contributed by atoms with Crippen LogP contribution in [0.1, 0.15) is 58.1 Å². The Labute approximate surface area is 238 Å². The molecule has 9 heteroatoms. The monoisotopic (exact) mass is 568 g/mol. The molecule has 2 heterocycles. The van der Waals surface area contributed by atoms with E-state index < -0.39 is 11.6 Å². The first-order valence-corrected chi connectivity index (χ1v) is 14.4. The second-order valence-corrected chi connectivity index (χ2v) is 12.3. The molecule has 0 amide bonds. The Morgan fingerprint density at radius 1 is 1.18 bits per heavy atom. The number of ether oxygens (including phenoxy) is 1. The lowest BCUT2D eigenvalue weighted by Gasteiger charge is -2.34. The van der Waals surface area contributed by atoms with Crippen molar-refractivity contribution in [3.63, 3.8) is 0 Å². The van der Waals surface area contributed by atoms with E-state index in [2.05, 4.69) is 61.3 Å². The number of nitrogens with zero attached hydrogens (tertiary/aromatic N) is 4. The predicted octanol–water partition coefficient (Wildman–Crippen LogP) is 8.55. The standard InChI is InChI=1S/C30H34F2N4OS2/c1-8-16(4)9-12-22(15(2)3)36(6)28-19-13-17(5)23(25(32)26(19)34-30(35-28)37-7)18-10-11-21(31)27-24(18)20(14-33)29(38)39-27/h10-11,13,15-16,22,38H,8-9,12H2,1-7H3. The van der Waals surface area contributed by atoms with Crippen LogP contribution in [0, 0.1) is 41.7 Å². The largest absolute Gasteiger partial charge is 0.467 e. The van der Waals surface area contributed by atoms with E-state index in [4.69, 9.17) is 4.74 Å². The Hall–Kier alpha value is -2.96. The molecule has 2 atom stereocenters. The number of rotatable bonds is 9. The van der Waals surface area contributed by atoms with Crippen molar-refractivity contribution in [2.45, 2.75) is 64.1 Å². The van der Waals surface area contributed by atoms with Crippen molar-refractivity contribution in [1.29, 1.82) is 5.26 Å². The summed E-state index contributed by atoms with van der Waals surface area (Å²) in [6.45, 7) is 10.6. The highest BCUT2D eigenvalue weighted by Crippen LogP contribution is 2.44. The highest BCUT2D eigenvalue weighted by molar-refractivity contribution is 7.83. The third-order valence-electron chi connectivity index (χ3n) is 7.68. The molecule has 0 saturated carbocycles. The van der Waals surface area contributed by atoms with E-state index in [0.29, 0.717) is 43.8 Å². The van der Waals surface area contributed by atoms with Gasteiger partial charge in [-0.2, -0.15) is 15.2 Å². The fraction of sp³-hybridized carbons (Fsp3) is 0.433. The molecule has 5 nitrogen and oxygen atoms in total. The lowest BCUT2D eigenvalue weighted by Crippen LogP contribution is -2.37. The molecule has 0 N–H and O–H groups in total. The average molecular weight is 569 g/mol. The van der Waals surface area contributed by atoms with Crippen LogP contribution in [0.5, 0.6) is 6.01 Å². The normalized spacial score (nSPS) is 13.2. The maximum absolute atomic E-state index is 16.5. The van der Waals surface area contributed by atoms with Gasteiger partial charge in [-0.3, -0.25) is 0 Å². The first-order valence-electron chi connectivity index (χ1n) is 13.2. The van der Waals surface area contributed by atoms with Crippen LogP contribution in [0.15, 0.2) is 22.4 Å². The SMILES string of the molecule is CCC(C)CCC(C(C)C)N(C)c1nc(OC)nc2c(F)c(-c3ccc(F)c4sc(S)c(C#N)c34)c(C)cc12. The Morgan fingerprint density at radius 2 is 1.90 bits per heavy atom. The molecule has 0 aliphatic rings. The summed E-state index contributed by atoms with van der Waals surface area (Å²) < 4.78 is 37.3. The van der Waals surface area contributed by atoms with Crippen LogP contribution in [0.25, 0.3) is 32.1 Å². The minimum atomic E-state index is -0.565. The Bertz CT molecular complexity index is 1580. The van der Waals surface area contributed by atoms with Gasteiger partial charge < -0.3 is 9.64 Å². The number of aromatic nitrogens is 2. The van der Waals surface area contributed by atoms with E-state index in [0.717, 1.165) is 30.6 Å². The number of thiophene rings is 1. The number of halogens is 2. The van der Waals surface area contributed by atoms with Crippen molar-refractivity contribution in [1.82, 2.24) is 9.97 Å². The van der Waals surface area contributed by atoms with Gasteiger partial charge in [-0.15, -0.1) is 24.0 Å². The second-order valence-electron chi connectivity index (χ2n) is 10.5. The van der Waals surface area contributed by atoms with Crippen LogP contribution < -0.4 is 9.64 Å². The molecule has 2 unspecified atom stereocenters. The van der Waals surface area contributed by atoms with Crippen LogP contribution >= 0.6 is 24.0 Å². The third kappa shape index (κ3) is 5.29. The number of thiol groups is 1. The zero-order valence-electron chi connectivity index (χ0n) is 23.4. The zero-order valence-corrected chi connectivity index (χ0v) is 25.1. The topological polar surface area (TPSA) is 62.0 Å². The third-order valence-corrected chi connectivity index (χ3v) is 9.18. The number of fused-ring (bicyclic) bond motifs is 2. The summed E-state index contributed by atoms with van der Waals surface area (Å²) in [5, 5.41) is 10.7. The Kier molecular flexibility index (Phi) is 8.67. The highest BCUT2D eigenvalue weighted by Gasteiger charge is 2.27. The van der Waals surface area contributed by atoms with Gasteiger partial charge in [-0.1, -0.05) is 40.2 Å². The molecule has 0 aliphatic carbocycles. The molecule has 206 valence electrons. The maximum atomic E-state index is 16.5. The number of hydrogen-bond acceptors (Lipinski definition) is 7. The van der Waals surface area contributed by atoms with Crippen molar-refractivity contribution in [3.8, 4) is 23.2 Å². The molecule has 2 aromatic heterocycles. The quantitative estimate of drug-likeness (QED) is 0.205.